The Kier molecular flexibility index (Phi) is 8.25. The molecule has 0 heterocycles. The van der Waals surface area contributed by atoms with Gasteiger partial charge in [-0.25, -0.2) is 0 Å². The fourth-order valence-corrected chi connectivity index (χ4v) is 0.682. The number of benzene rings is 1. The molecule has 0 fully saturated rings. The molecule has 1 nitrogen and oxygen atoms in total. The fraction of sp³-hybridized carbons (Fsp3) is 0.111. The largest absolute Gasteiger partial charge is 3.00 e. The van der Waals surface area contributed by atoms with E-state index >= 15 is 0 Å². The molecule has 0 aliphatic carbocycles. The molecule has 1 rings (SSSR count). The monoisotopic (exact) mass is 221 g/mol. The first-order valence-corrected chi connectivity index (χ1v) is 2.79. The SMILES string of the molecule is Cc1[c-]c(C=[N-])ccc1.[CH3-].[Y+3]. The van der Waals surface area contributed by atoms with Gasteiger partial charge in [-0.1, -0.05) is 6.92 Å². The molecule has 0 atom stereocenters. The van der Waals surface area contributed by atoms with Crippen molar-refractivity contribution in [2.45, 2.75) is 6.92 Å². The summed E-state index contributed by atoms with van der Waals surface area (Å²) in [6, 6.07) is 8.57. The first-order chi connectivity index (χ1) is 4.33. The molecule has 0 spiro atoms. The fourth-order valence-electron chi connectivity index (χ4n) is 0.682. The molecule has 0 aliphatic heterocycles. The second kappa shape index (κ2) is 6.69. The third-order valence-corrected chi connectivity index (χ3v) is 1.10. The van der Waals surface area contributed by atoms with Gasteiger partial charge in [0.2, 0.25) is 0 Å². The van der Waals surface area contributed by atoms with Crippen molar-refractivity contribution in [2.75, 3.05) is 0 Å². The third-order valence-electron chi connectivity index (χ3n) is 1.10. The van der Waals surface area contributed by atoms with Crippen molar-refractivity contribution in [3.63, 3.8) is 0 Å². The average Bonchev–Trinajstić information content (AvgIpc) is 1.88. The number of hydrogen-bond acceptors (Lipinski definition) is 0. The standard InChI is InChI=1S/C8H7N.CH3.Y/c1-7-3-2-4-8(5-7)6-9;;/h2-4,6H,1H3;1H3;/q-2;-1;+3. The maximum absolute atomic E-state index is 8.51. The van der Waals surface area contributed by atoms with Gasteiger partial charge in [0.25, 0.3) is 0 Å². The van der Waals surface area contributed by atoms with Crippen molar-refractivity contribution < 1.29 is 32.7 Å². The zero-order valence-electron chi connectivity index (χ0n) is 6.83. The van der Waals surface area contributed by atoms with Crippen LogP contribution in [0.2, 0.25) is 0 Å². The van der Waals surface area contributed by atoms with Crippen LogP contribution in [0.1, 0.15) is 11.1 Å². The van der Waals surface area contributed by atoms with Gasteiger partial charge in [0, 0.05) is 0 Å². The minimum absolute atomic E-state index is 0. The summed E-state index contributed by atoms with van der Waals surface area (Å²) in [5.74, 6) is 0. The van der Waals surface area contributed by atoms with Crippen LogP contribution < -0.4 is 0 Å². The third kappa shape index (κ3) is 4.44. The Morgan fingerprint density at radius 2 is 2.09 bits per heavy atom. The second-order valence-electron chi connectivity index (χ2n) is 1.92. The van der Waals surface area contributed by atoms with Crippen molar-refractivity contribution in [1.82, 2.24) is 0 Å². The Morgan fingerprint density at radius 3 is 2.45 bits per heavy atom. The zero-order chi connectivity index (χ0) is 6.69. The van der Waals surface area contributed by atoms with Crippen LogP contribution in [-0.2, 0) is 32.7 Å². The predicted octanol–water partition coefficient (Wildman–Crippen LogP) is 2.23. The van der Waals surface area contributed by atoms with Gasteiger partial charge in [-0.3, -0.25) is 6.21 Å². The summed E-state index contributed by atoms with van der Waals surface area (Å²) in [6.45, 7) is 1.94. The van der Waals surface area contributed by atoms with Crippen molar-refractivity contribution in [1.29, 1.82) is 0 Å². The van der Waals surface area contributed by atoms with Crippen LogP contribution in [0, 0.1) is 20.4 Å². The van der Waals surface area contributed by atoms with Crippen LogP contribution in [0.4, 0.5) is 0 Å². The summed E-state index contributed by atoms with van der Waals surface area (Å²) in [5, 5.41) is 8.51. The number of rotatable bonds is 1. The molecule has 0 radical (unpaired) electrons. The summed E-state index contributed by atoms with van der Waals surface area (Å²) in [6.07, 6.45) is 1.05. The molecule has 54 valence electrons. The number of nitrogens with zero attached hydrogens (tertiary/aromatic N) is 1. The molecule has 0 bridgehead atoms. The van der Waals surface area contributed by atoms with Gasteiger partial charge in [-0.2, -0.15) is 5.56 Å². The van der Waals surface area contributed by atoms with Crippen molar-refractivity contribution in [2.24, 2.45) is 0 Å². The predicted molar refractivity (Wildman–Crippen MR) is 45.0 cm³/mol. The maximum atomic E-state index is 8.51. The van der Waals surface area contributed by atoms with Gasteiger partial charge in [0.15, 0.2) is 0 Å². The zero-order valence-corrected chi connectivity index (χ0v) is 9.67. The smallest absolute Gasteiger partial charge is 0.862 e. The summed E-state index contributed by atoms with van der Waals surface area (Å²) >= 11 is 0. The summed E-state index contributed by atoms with van der Waals surface area (Å²) in [4.78, 5) is 0. The van der Waals surface area contributed by atoms with E-state index in [9.17, 15) is 0 Å². The van der Waals surface area contributed by atoms with E-state index in [-0.39, 0.29) is 40.1 Å². The molecule has 0 aliphatic rings. The van der Waals surface area contributed by atoms with E-state index in [1.807, 2.05) is 19.1 Å². The average molecular weight is 221 g/mol. The van der Waals surface area contributed by atoms with E-state index < -0.39 is 0 Å². The Hall–Kier alpha value is -0.00610. The summed E-state index contributed by atoms with van der Waals surface area (Å²) in [5.41, 5.74) is 1.77. The molecule has 0 aromatic heterocycles. The van der Waals surface area contributed by atoms with Crippen LogP contribution in [0.25, 0.3) is 5.41 Å². The molecule has 2 heteroatoms. The van der Waals surface area contributed by atoms with Gasteiger partial charge in [-0.05, 0) is 0 Å². The van der Waals surface area contributed by atoms with E-state index in [1.165, 1.54) is 0 Å². The van der Waals surface area contributed by atoms with Crippen molar-refractivity contribution in [3.05, 3.63) is 48.2 Å². The molecule has 0 N–H and O–H groups in total. The van der Waals surface area contributed by atoms with Gasteiger partial charge >= 0.3 is 32.7 Å². The van der Waals surface area contributed by atoms with Crippen LogP contribution in [0.3, 0.4) is 0 Å². The Labute approximate surface area is 93.6 Å². The Balaban J connectivity index is 0. The van der Waals surface area contributed by atoms with Crippen LogP contribution in [0.5, 0.6) is 0 Å². The number of hydrogen-bond donors (Lipinski definition) is 0. The van der Waals surface area contributed by atoms with Gasteiger partial charge in [0.1, 0.15) is 0 Å². The van der Waals surface area contributed by atoms with Gasteiger partial charge in [0.05, 0.1) is 0 Å². The molecule has 1 aromatic carbocycles. The van der Waals surface area contributed by atoms with Gasteiger partial charge in [-0.15, -0.1) is 29.8 Å². The molecule has 0 saturated carbocycles. The van der Waals surface area contributed by atoms with Gasteiger partial charge < -0.3 is 12.8 Å². The van der Waals surface area contributed by atoms with Crippen LogP contribution in [0.15, 0.2) is 18.2 Å². The van der Waals surface area contributed by atoms with E-state index in [0.717, 1.165) is 17.3 Å². The topological polar surface area (TPSA) is 22.3 Å². The van der Waals surface area contributed by atoms with E-state index in [1.54, 1.807) is 6.07 Å². The number of aryl methyl sites for hydroxylation is 1. The van der Waals surface area contributed by atoms with Crippen LogP contribution in [-0.4, -0.2) is 6.21 Å². The molecule has 0 amide bonds. The Morgan fingerprint density at radius 1 is 1.45 bits per heavy atom. The summed E-state index contributed by atoms with van der Waals surface area (Å²) in [7, 11) is 0. The molecule has 0 saturated heterocycles. The molecule has 0 unspecified atom stereocenters. The van der Waals surface area contributed by atoms with E-state index in [2.05, 4.69) is 6.07 Å². The minimum atomic E-state index is 0. The second-order valence-corrected chi connectivity index (χ2v) is 1.92. The first-order valence-electron chi connectivity index (χ1n) is 2.79. The molecular formula is C9H10NY. The van der Waals surface area contributed by atoms with Crippen molar-refractivity contribution in [3.8, 4) is 0 Å². The summed E-state index contributed by atoms with van der Waals surface area (Å²) < 4.78 is 0. The molecule has 1 aromatic rings. The Bertz CT molecular complexity index is 221. The van der Waals surface area contributed by atoms with E-state index in [0.29, 0.717) is 0 Å². The van der Waals surface area contributed by atoms with E-state index in [4.69, 9.17) is 5.41 Å². The van der Waals surface area contributed by atoms with Crippen molar-refractivity contribution >= 4 is 6.21 Å². The quantitative estimate of drug-likeness (QED) is 0.512. The normalized spacial score (nSPS) is 7.36. The molecular weight excluding hydrogens is 211 g/mol. The minimum Gasteiger partial charge on any atom is -0.862 e. The molecule has 11 heavy (non-hydrogen) atoms. The van der Waals surface area contributed by atoms with Crippen LogP contribution >= 0.6 is 0 Å². The first kappa shape index (κ1) is 13.6. The maximum Gasteiger partial charge on any atom is 3.00 e.